The van der Waals surface area contributed by atoms with Crippen LogP contribution in [0.15, 0.2) is 12.1 Å². The molecule has 1 amide bonds. The van der Waals surface area contributed by atoms with Crippen LogP contribution in [0.25, 0.3) is 0 Å². The molecule has 0 radical (unpaired) electrons. The molecule has 0 bridgehead atoms. The highest BCUT2D eigenvalue weighted by atomic mass is 35.5. The van der Waals surface area contributed by atoms with E-state index in [0.29, 0.717) is 22.1 Å². The first-order valence-corrected chi connectivity index (χ1v) is 4.52. The van der Waals surface area contributed by atoms with E-state index in [0.717, 1.165) is 0 Å². The van der Waals surface area contributed by atoms with E-state index in [1.807, 2.05) is 0 Å². The van der Waals surface area contributed by atoms with Crippen molar-refractivity contribution in [3.05, 3.63) is 17.2 Å². The lowest BCUT2D eigenvalue weighted by Gasteiger charge is -2.24. The molecule has 0 fully saturated rings. The number of nitrogens with one attached hydrogen (secondary N) is 1. The van der Waals surface area contributed by atoms with Crippen LogP contribution in [0.4, 0.5) is 11.4 Å². The summed E-state index contributed by atoms with van der Waals surface area (Å²) in [6, 6.07) is 3.20. The van der Waals surface area contributed by atoms with Crippen LogP contribution in [0.5, 0.6) is 5.75 Å². The van der Waals surface area contributed by atoms with Crippen molar-refractivity contribution in [1.82, 2.24) is 0 Å². The van der Waals surface area contributed by atoms with Gasteiger partial charge in [-0.3, -0.25) is 4.79 Å². The largest absolute Gasteiger partial charge is 0.477 e. The van der Waals surface area contributed by atoms with Crippen LogP contribution in [0.1, 0.15) is 6.92 Å². The third-order valence-electron chi connectivity index (χ3n) is 2.00. The molecule has 1 aliphatic rings. The summed E-state index contributed by atoms with van der Waals surface area (Å²) in [6.45, 7) is 1.66. The van der Waals surface area contributed by atoms with Gasteiger partial charge in [-0.15, -0.1) is 0 Å². The van der Waals surface area contributed by atoms with Gasteiger partial charge in [0.1, 0.15) is 0 Å². The van der Waals surface area contributed by atoms with Crippen molar-refractivity contribution < 1.29 is 9.53 Å². The van der Waals surface area contributed by atoms with E-state index in [1.54, 1.807) is 19.1 Å². The van der Waals surface area contributed by atoms with Gasteiger partial charge in [-0.2, -0.15) is 0 Å². The number of carbonyl (C=O) groups is 1. The Balaban J connectivity index is 2.51. The quantitative estimate of drug-likeness (QED) is 0.643. The Morgan fingerprint density at radius 2 is 2.29 bits per heavy atom. The summed E-state index contributed by atoms with van der Waals surface area (Å²) in [7, 11) is 0. The number of amides is 1. The topological polar surface area (TPSA) is 64.3 Å². The van der Waals surface area contributed by atoms with Crippen LogP contribution in [0, 0.1) is 0 Å². The maximum absolute atomic E-state index is 11.3. The van der Waals surface area contributed by atoms with Crippen molar-refractivity contribution in [2.45, 2.75) is 13.0 Å². The Morgan fingerprint density at radius 1 is 1.57 bits per heavy atom. The standard InChI is InChI=1S/C9H9ClN2O2/c1-4-9(13)12-7-3-5(10)2-6(11)8(7)14-4/h2-4H,11H2,1H3,(H,12,13)/t4-/m1/s1. The number of ether oxygens (including phenoxy) is 1. The highest BCUT2D eigenvalue weighted by Crippen LogP contribution is 2.37. The highest BCUT2D eigenvalue weighted by molar-refractivity contribution is 6.31. The molecule has 1 heterocycles. The van der Waals surface area contributed by atoms with Crippen molar-refractivity contribution in [1.29, 1.82) is 0 Å². The second-order valence-electron chi connectivity index (χ2n) is 3.12. The summed E-state index contributed by atoms with van der Waals surface area (Å²) in [4.78, 5) is 11.3. The van der Waals surface area contributed by atoms with Gasteiger partial charge in [0.2, 0.25) is 0 Å². The SMILES string of the molecule is C[C@H]1Oc2c(N)cc(Cl)cc2NC1=O. The summed E-state index contributed by atoms with van der Waals surface area (Å²) >= 11 is 5.78. The van der Waals surface area contributed by atoms with Gasteiger partial charge in [0.25, 0.3) is 5.91 Å². The zero-order valence-corrected chi connectivity index (χ0v) is 8.26. The van der Waals surface area contributed by atoms with E-state index in [-0.39, 0.29) is 5.91 Å². The van der Waals surface area contributed by atoms with Gasteiger partial charge in [0, 0.05) is 5.02 Å². The Kier molecular flexibility index (Phi) is 2.00. The Bertz CT molecular complexity index is 406. The molecule has 0 saturated carbocycles. The summed E-state index contributed by atoms with van der Waals surface area (Å²) < 4.78 is 5.33. The first-order chi connectivity index (χ1) is 6.58. The molecule has 14 heavy (non-hydrogen) atoms. The second kappa shape index (κ2) is 3.06. The van der Waals surface area contributed by atoms with Gasteiger partial charge in [-0.1, -0.05) is 11.6 Å². The molecule has 0 aromatic heterocycles. The van der Waals surface area contributed by atoms with Crippen LogP contribution >= 0.6 is 11.6 Å². The lowest BCUT2D eigenvalue weighted by molar-refractivity contribution is -0.122. The van der Waals surface area contributed by atoms with E-state index in [9.17, 15) is 4.79 Å². The molecular formula is C9H9ClN2O2. The van der Waals surface area contributed by atoms with Crippen LogP contribution in [0.2, 0.25) is 5.02 Å². The fourth-order valence-electron chi connectivity index (χ4n) is 1.30. The van der Waals surface area contributed by atoms with E-state index in [1.165, 1.54) is 0 Å². The number of fused-ring (bicyclic) bond motifs is 1. The minimum Gasteiger partial charge on any atom is -0.477 e. The molecule has 74 valence electrons. The molecular weight excluding hydrogens is 204 g/mol. The van der Waals surface area contributed by atoms with Gasteiger partial charge in [0.15, 0.2) is 11.9 Å². The average Bonchev–Trinajstić information content (AvgIpc) is 2.08. The molecule has 5 heteroatoms. The number of halogens is 1. The maximum Gasteiger partial charge on any atom is 0.265 e. The van der Waals surface area contributed by atoms with E-state index >= 15 is 0 Å². The minimum atomic E-state index is -0.522. The molecule has 1 aromatic carbocycles. The number of rotatable bonds is 0. The van der Waals surface area contributed by atoms with E-state index in [4.69, 9.17) is 22.1 Å². The predicted molar refractivity (Wildman–Crippen MR) is 54.6 cm³/mol. The highest BCUT2D eigenvalue weighted by Gasteiger charge is 2.25. The van der Waals surface area contributed by atoms with Crippen LogP contribution in [-0.4, -0.2) is 12.0 Å². The Hall–Kier alpha value is -1.42. The Morgan fingerprint density at radius 3 is 3.00 bits per heavy atom. The molecule has 0 saturated heterocycles. The number of carbonyl (C=O) groups excluding carboxylic acids is 1. The van der Waals surface area contributed by atoms with Crippen LogP contribution < -0.4 is 15.8 Å². The van der Waals surface area contributed by atoms with Crippen molar-refractivity contribution >= 4 is 28.9 Å². The van der Waals surface area contributed by atoms with Crippen molar-refractivity contribution in [2.24, 2.45) is 0 Å². The summed E-state index contributed by atoms with van der Waals surface area (Å²) in [6.07, 6.45) is -0.522. The molecule has 0 unspecified atom stereocenters. The van der Waals surface area contributed by atoms with Gasteiger partial charge < -0.3 is 15.8 Å². The first kappa shape index (κ1) is 9.15. The lowest BCUT2D eigenvalue weighted by Crippen LogP contribution is -2.34. The molecule has 1 atom stereocenters. The maximum atomic E-state index is 11.3. The normalized spacial score (nSPS) is 19.6. The van der Waals surface area contributed by atoms with Crippen molar-refractivity contribution in [2.75, 3.05) is 11.1 Å². The number of nitrogen functional groups attached to an aromatic ring is 1. The molecule has 0 spiro atoms. The monoisotopic (exact) mass is 212 g/mol. The van der Waals surface area contributed by atoms with Gasteiger partial charge >= 0.3 is 0 Å². The van der Waals surface area contributed by atoms with Gasteiger partial charge in [-0.05, 0) is 19.1 Å². The molecule has 2 rings (SSSR count). The van der Waals surface area contributed by atoms with Gasteiger partial charge in [0.05, 0.1) is 11.4 Å². The van der Waals surface area contributed by atoms with E-state index < -0.39 is 6.10 Å². The average molecular weight is 213 g/mol. The lowest BCUT2D eigenvalue weighted by atomic mass is 10.2. The summed E-state index contributed by atoms with van der Waals surface area (Å²) in [5.74, 6) is 0.292. The molecule has 3 N–H and O–H groups in total. The number of hydrogen-bond donors (Lipinski definition) is 2. The fourth-order valence-corrected chi connectivity index (χ4v) is 1.53. The molecule has 4 nitrogen and oxygen atoms in total. The fraction of sp³-hybridized carbons (Fsp3) is 0.222. The van der Waals surface area contributed by atoms with Gasteiger partial charge in [-0.25, -0.2) is 0 Å². The first-order valence-electron chi connectivity index (χ1n) is 4.14. The van der Waals surface area contributed by atoms with Crippen LogP contribution in [-0.2, 0) is 4.79 Å². The predicted octanol–water partition coefficient (Wildman–Crippen LogP) is 1.64. The molecule has 1 aromatic rings. The minimum absolute atomic E-state index is 0.195. The Labute approximate surface area is 86.0 Å². The third kappa shape index (κ3) is 1.37. The zero-order chi connectivity index (χ0) is 10.3. The van der Waals surface area contributed by atoms with Crippen molar-refractivity contribution in [3.8, 4) is 5.75 Å². The smallest absolute Gasteiger partial charge is 0.265 e. The summed E-state index contributed by atoms with van der Waals surface area (Å²) in [5.41, 5.74) is 6.65. The third-order valence-corrected chi connectivity index (χ3v) is 2.22. The number of nitrogens with two attached hydrogens (primary N) is 1. The molecule has 1 aliphatic heterocycles. The van der Waals surface area contributed by atoms with E-state index in [2.05, 4.69) is 5.32 Å². The number of hydrogen-bond acceptors (Lipinski definition) is 3. The number of benzene rings is 1. The van der Waals surface area contributed by atoms with Crippen molar-refractivity contribution in [3.63, 3.8) is 0 Å². The zero-order valence-electron chi connectivity index (χ0n) is 7.50. The molecule has 0 aliphatic carbocycles. The summed E-state index contributed by atoms with van der Waals surface area (Å²) in [5, 5.41) is 3.13. The second-order valence-corrected chi connectivity index (χ2v) is 3.56. The number of anilines is 2. The van der Waals surface area contributed by atoms with Crippen LogP contribution in [0.3, 0.4) is 0 Å².